The van der Waals surface area contributed by atoms with Gasteiger partial charge in [0, 0.05) is 5.57 Å². The van der Waals surface area contributed by atoms with Crippen LogP contribution in [0.1, 0.15) is 26.7 Å². The van der Waals surface area contributed by atoms with Gasteiger partial charge in [-0.2, -0.15) is 0 Å². The summed E-state index contributed by atoms with van der Waals surface area (Å²) in [5.74, 6) is 0. The molecule has 0 fully saturated rings. The Kier molecular flexibility index (Phi) is 4.88. The van der Waals surface area contributed by atoms with Gasteiger partial charge in [0.05, 0.1) is 0 Å². The lowest BCUT2D eigenvalue weighted by molar-refractivity contribution is -0.108. The highest BCUT2D eigenvalue weighted by molar-refractivity contribution is 6.67. The van der Waals surface area contributed by atoms with Crippen LogP contribution in [0.3, 0.4) is 0 Å². The zero-order valence-electron chi connectivity index (χ0n) is 6.98. The maximum absolute atomic E-state index is 10.6. The van der Waals surface area contributed by atoms with Crippen LogP contribution in [0.15, 0.2) is 23.8 Å². The topological polar surface area (TPSA) is 17.1 Å². The third kappa shape index (κ3) is 3.99. The van der Waals surface area contributed by atoms with E-state index in [4.69, 9.17) is 11.6 Å². The molecule has 0 aliphatic rings. The normalized spacial score (nSPS) is 12.3. The van der Waals surface area contributed by atoms with Gasteiger partial charge in [-0.3, -0.25) is 4.79 Å². The number of rotatable bonds is 4. The van der Waals surface area contributed by atoms with E-state index in [9.17, 15) is 4.79 Å². The summed E-state index contributed by atoms with van der Waals surface area (Å²) in [6, 6.07) is 0. The second kappa shape index (κ2) is 5.14. The second-order valence-electron chi connectivity index (χ2n) is 2.51. The van der Waals surface area contributed by atoms with E-state index in [1.807, 2.05) is 13.0 Å². The van der Waals surface area contributed by atoms with Crippen LogP contribution in [-0.2, 0) is 4.79 Å². The summed E-state index contributed by atoms with van der Waals surface area (Å²) in [5.41, 5.74) is 1.71. The van der Waals surface area contributed by atoms with Crippen LogP contribution in [0.2, 0.25) is 0 Å². The summed E-state index contributed by atoms with van der Waals surface area (Å²) >= 11 is 5.28. The molecule has 0 aromatic carbocycles. The first-order valence-corrected chi connectivity index (χ1v) is 3.94. The molecule has 0 bridgehead atoms. The van der Waals surface area contributed by atoms with Crippen LogP contribution in [0.25, 0.3) is 0 Å². The highest BCUT2D eigenvalue weighted by atomic mass is 35.5. The molecular weight excluding hydrogens is 160 g/mol. The second-order valence-corrected chi connectivity index (χ2v) is 2.85. The van der Waals surface area contributed by atoms with Crippen molar-refractivity contribution in [1.82, 2.24) is 0 Å². The molecule has 0 N–H and O–H groups in total. The maximum atomic E-state index is 10.6. The van der Waals surface area contributed by atoms with E-state index >= 15 is 0 Å². The third-order valence-corrected chi connectivity index (χ3v) is 1.94. The summed E-state index contributed by atoms with van der Waals surface area (Å²) in [6.07, 6.45) is 3.59. The first-order chi connectivity index (χ1) is 5.09. The highest BCUT2D eigenvalue weighted by Crippen LogP contribution is 2.12. The number of hydrogen-bond acceptors (Lipinski definition) is 1. The number of allylic oxidation sites excluding steroid dienone is 3. The molecule has 0 atom stereocenters. The monoisotopic (exact) mass is 172 g/mol. The third-order valence-electron chi connectivity index (χ3n) is 1.66. The largest absolute Gasteiger partial charge is 0.276 e. The van der Waals surface area contributed by atoms with Gasteiger partial charge in [-0.25, -0.2) is 0 Å². The summed E-state index contributed by atoms with van der Waals surface area (Å²) < 4.78 is 0. The van der Waals surface area contributed by atoms with Crippen molar-refractivity contribution in [2.75, 3.05) is 0 Å². The molecule has 0 saturated carbocycles. The minimum Gasteiger partial charge on any atom is -0.276 e. The molecule has 0 aromatic heterocycles. The van der Waals surface area contributed by atoms with Crippen molar-refractivity contribution >= 4 is 16.8 Å². The van der Waals surface area contributed by atoms with Gasteiger partial charge in [-0.1, -0.05) is 11.6 Å². The fourth-order valence-corrected chi connectivity index (χ4v) is 0.835. The Balaban J connectivity index is 4.15. The lowest BCUT2D eigenvalue weighted by Crippen LogP contribution is -1.92. The Morgan fingerprint density at radius 1 is 1.55 bits per heavy atom. The average molecular weight is 173 g/mol. The van der Waals surface area contributed by atoms with Crippen molar-refractivity contribution in [3.05, 3.63) is 23.8 Å². The molecule has 0 aliphatic heterocycles. The van der Waals surface area contributed by atoms with Gasteiger partial charge in [0.25, 0.3) is 0 Å². The van der Waals surface area contributed by atoms with Crippen molar-refractivity contribution in [3.8, 4) is 0 Å². The standard InChI is InChI=1S/C9H13ClO/c1-4-5-6-7(2)8(3)9(10)11/h4H,1,5-6H2,2-3H3/b8-7+. The van der Waals surface area contributed by atoms with E-state index in [0.29, 0.717) is 5.57 Å². The van der Waals surface area contributed by atoms with Gasteiger partial charge in [-0.05, 0) is 38.3 Å². The Labute approximate surface area is 72.7 Å². The molecule has 2 heteroatoms. The minimum atomic E-state index is -0.355. The molecule has 0 saturated heterocycles. The molecule has 62 valence electrons. The highest BCUT2D eigenvalue weighted by Gasteiger charge is 2.02. The van der Waals surface area contributed by atoms with Gasteiger partial charge in [0.2, 0.25) is 5.24 Å². The molecule has 0 aliphatic carbocycles. The van der Waals surface area contributed by atoms with Gasteiger partial charge in [0.15, 0.2) is 0 Å². The summed E-state index contributed by atoms with van der Waals surface area (Å²) in [5, 5.41) is -0.355. The summed E-state index contributed by atoms with van der Waals surface area (Å²) in [6.45, 7) is 7.26. The molecule has 11 heavy (non-hydrogen) atoms. The van der Waals surface area contributed by atoms with Gasteiger partial charge in [-0.15, -0.1) is 6.58 Å². The smallest absolute Gasteiger partial charge is 0.248 e. The van der Waals surface area contributed by atoms with Crippen LogP contribution in [0, 0.1) is 0 Å². The maximum Gasteiger partial charge on any atom is 0.248 e. The van der Waals surface area contributed by atoms with Crippen molar-refractivity contribution in [3.63, 3.8) is 0 Å². The predicted octanol–water partition coefficient (Wildman–Crippen LogP) is 3.05. The summed E-state index contributed by atoms with van der Waals surface area (Å²) in [4.78, 5) is 10.6. The quantitative estimate of drug-likeness (QED) is 0.362. The van der Waals surface area contributed by atoms with Crippen LogP contribution < -0.4 is 0 Å². The van der Waals surface area contributed by atoms with Crippen LogP contribution in [0.4, 0.5) is 0 Å². The SMILES string of the molecule is C=CCC/C(C)=C(\C)C(=O)Cl. The number of carbonyl (C=O) groups excluding carboxylic acids is 1. The first-order valence-electron chi connectivity index (χ1n) is 3.56. The van der Waals surface area contributed by atoms with Crippen molar-refractivity contribution in [2.24, 2.45) is 0 Å². The lowest BCUT2D eigenvalue weighted by Gasteiger charge is -2.00. The Morgan fingerprint density at radius 2 is 2.09 bits per heavy atom. The summed E-state index contributed by atoms with van der Waals surface area (Å²) in [7, 11) is 0. The Hall–Kier alpha value is -0.560. The fourth-order valence-electron chi connectivity index (χ4n) is 0.674. The lowest BCUT2D eigenvalue weighted by atomic mass is 10.1. The van der Waals surface area contributed by atoms with Crippen molar-refractivity contribution in [2.45, 2.75) is 26.7 Å². The molecule has 0 unspecified atom stereocenters. The van der Waals surface area contributed by atoms with Gasteiger partial charge < -0.3 is 0 Å². The van der Waals surface area contributed by atoms with E-state index in [0.717, 1.165) is 18.4 Å². The molecule has 0 aromatic rings. The fraction of sp³-hybridized carbons (Fsp3) is 0.444. The van der Waals surface area contributed by atoms with Crippen LogP contribution in [0.5, 0.6) is 0 Å². The number of halogens is 1. The molecule has 1 nitrogen and oxygen atoms in total. The zero-order chi connectivity index (χ0) is 8.85. The predicted molar refractivity (Wildman–Crippen MR) is 48.7 cm³/mol. The van der Waals surface area contributed by atoms with Gasteiger partial charge in [0.1, 0.15) is 0 Å². The Morgan fingerprint density at radius 3 is 2.45 bits per heavy atom. The first kappa shape index (κ1) is 10.4. The van der Waals surface area contributed by atoms with Crippen LogP contribution >= 0.6 is 11.6 Å². The molecule has 0 heterocycles. The van der Waals surface area contributed by atoms with Crippen molar-refractivity contribution < 1.29 is 4.79 Å². The molecule has 0 amide bonds. The molecule has 0 rings (SSSR count). The zero-order valence-corrected chi connectivity index (χ0v) is 7.74. The van der Waals surface area contributed by atoms with E-state index in [-0.39, 0.29) is 5.24 Å². The average Bonchev–Trinajstić information content (AvgIpc) is 1.98. The molecule has 0 spiro atoms. The van der Waals surface area contributed by atoms with Crippen LogP contribution in [-0.4, -0.2) is 5.24 Å². The van der Waals surface area contributed by atoms with E-state index in [2.05, 4.69) is 6.58 Å². The minimum absolute atomic E-state index is 0.355. The van der Waals surface area contributed by atoms with E-state index < -0.39 is 0 Å². The number of hydrogen-bond donors (Lipinski definition) is 0. The Bertz CT molecular complexity index is 192. The number of carbonyl (C=O) groups is 1. The van der Waals surface area contributed by atoms with Crippen molar-refractivity contribution in [1.29, 1.82) is 0 Å². The molecular formula is C9H13ClO. The molecule has 0 radical (unpaired) electrons. The van der Waals surface area contributed by atoms with Gasteiger partial charge >= 0.3 is 0 Å². The van der Waals surface area contributed by atoms with E-state index in [1.54, 1.807) is 6.92 Å². The van der Waals surface area contributed by atoms with E-state index in [1.165, 1.54) is 0 Å².